The summed E-state index contributed by atoms with van der Waals surface area (Å²) in [5.74, 6) is 1.54. The minimum Gasteiger partial charge on any atom is -0.486 e. The van der Waals surface area contributed by atoms with Crippen LogP contribution in [0.5, 0.6) is 11.5 Å². The molecule has 0 saturated heterocycles. The van der Waals surface area contributed by atoms with Gasteiger partial charge in [-0.2, -0.15) is 0 Å². The van der Waals surface area contributed by atoms with Gasteiger partial charge in [0.05, 0.1) is 16.8 Å². The first kappa shape index (κ1) is 14.4. The molecule has 3 heterocycles. The van der Waals surface area contributed by atoms with Crippen LogP contribution < -0.4 is 9.47 Å². The summed E-state index contributed by atoms with van der Waals surface area (Å²) < 4.78 is 13.4. The smallest absolute Gasteiger partial charge is 0.162 e. The van der Waals surface area contributed by atoms with Crippen molar-refractivity contribution in [3.8, 4) is 22.8 Å². The molecule has 118 valence electrons. The average molecular weight is 329 g/mol. The molecule has 0 bridgehead atoms. The number of aryl methyl sites for hydroxylation is 1. The summed E-state index contributed by atoms with van der Waals surface area (Å²) in [6.45, 7) is 5.18. The molecule has 1 aliphatic heterocycles. The highest BCUT2D eigenvalue weighted by Gasteiger charge is 2.21. The number of imidazole rings is 1. The molecule has 4 nitrogen and oxygen atoms in total. The Morgan fingerprint density at radius 1 is 1.17 bits per heavy atom. The first-order valence-electron chi connectivity index (χ1n) is 7.67. The summed E-state index contributed by atoms with van der Waals surface area (Å²) in [6, 6.07) is 9.99. The van der Waals surface area contributed by atoms with Gasteiger partial charge < -0.3 is 13.9 Å². The van der Waals surface area contributed by atoms with Gasteiger partial charge in [-0.25, -0.2) is 4.98 Å². The molecular weight excluding hydrogens is 312 g/mol. The Morgan fingerprint density at radius 3 is 2.74 bits per heavy atom. The predicted molar refractivity (Wildman–Crippen MR) is 90.6 cm³/mol. The fourth-order valence-electron chi connectivity index (χ4n) is 3.01. The summed E-state index contributed by atoms with van der Waals surface area (Å²) in [7, 11) is 0. The Morgan fingerprint density at radius 2 is 1.96 bits per heavy atom. The number of nitrogens with zero attached hydrogens (tertiary/aromatic N) is 2. The average Bonchev–Trinajstić information content (AvgIpc) is 2.95. The SMILES string of the molecule is Cc1cccn2c(C(C)Cl)c(-c3ccc4c(c3)OCCO4)nc12. The lowest BCUT2D eigenvalue weighted by Gasteiger charge is -2.18. The fourth-order valence-corrected chi connectivity index (χ4v) is 3.21. The maximum absolute atomic E-state index is 6.46. The van der Waals surface area contributed by atoms with Crippen LogP contribution in [0, 0.1) is 6.92 Å². The number of ether oxygens (including phenoxy) is 2. The normalized spacial score (nSPS) is 14.9. The number of benzene rings is 1. The van der Waals surface area contributed by atoms with Crippen LogP contribution in [0.15, 0.2) is 36.5 Å². The van der Waals surface area contributed by atoms with Crippen LogP contribution in [-0.2, 0) is 0 Å². The van der Waals surface area contributed by atoms with E-state index in [9.17, 15) is 0 Å². The van der Waals surface area contributed by atoms with E-state index in [1.165, 1.54) is 0 Å². The Labute approximate surface area is 139 Å². The fraction of sp³-hybridized carbons (Fsp3) is 0.278. The highest BCUT2D eigenvalue weighted by molar-refractivity contribution is 6.20. The third kappa shape index (κ3) is 2.34. The second kappa shape index (κ2) is 5.46. The number of hydrogen-bond donors (Lipinski definition) is 0. The second-order valence-electron chi connectivity index (χ2n) is 5.70. The van der Waals surface area contributed by atoms with Gasteiger partial charge in [0.1, 0.15) is 18.9 Å². The number of hydrogen-bond acceptors (Lipinski definition) is 3. The third-order valence-electron chi connectivity index (χ3n) is 4.07. The van der Waals surface area contributed by atoms with E-state index in [2.05, 4.69) is 17.4 Å². The van der Waals surface area contributed by atoms with E-state index in [0.717, 1.165) is 39.7 Å². The Kier molecular flexibility index (Phi) is 3.42. The zero-order valence-corrected chi connectivity index (χ0v) is 13.8. The quantitative estimate of drug-likeness (QED) is 0.655. The molecular formula is C18H17ClN2O2. The Bertz CT molecular complexity index is 886. The highest BCUT2D eigenvalue weighted by Crippen LogP contribution is 2.38. The van der Waals surface area contributed by atoms with Crippen LogP contribution in [0.1, 0.15) is 23.6 Å². The van der Waals surface area contributed by atoms with Crippen LogP contribution in [0.25, 0.3) is 16.9 Å². The van der Waals surface area contributed by atoms with E-state index < -0.39 is 0 Å². The third-order valence-corrected chi connectivity index (χ3v) is 4.28. The largest absolute Gasteiger partial charge is 0.486 e. The molecule has 0 radical (unpaired) electrons. The molecule has 0 saturated carbocycles. The Balaban J connectivity index is 1.95. The van der Waals surface area contributed by atoms with E-state index in [1.807, 2.05) is 37.4 Å². The minimum atomic E-state index is -0.157. The number of pyridine rings is 1. The van der Waals surface area contributed by atoms with Gasteiger partial charge in [-0.3, -0.25) is 0 Å². The van der Waals surface area contributed by atoms with Gasteiger partial charge in [0.25, 0.3) is 0 Å². The topological polar surface area (TPSA) is 35.8 Å². The van der Waals surface area contributed by atoms with Crippen molar-refractivity contribution in [2.24, 2.45) is 0 Å². The standard InChI is InChI=1S/C18H17ClN2O2/c1-11-4-3-7-21-17(12(2)19)16(20-18(11)21)13-5-6-14-15(10-13)23-9-8-22-14/h3-7,10,12H,8-9H2,1-2H3. The van der Waals surface area contributed by atoms with Crippen molar-refractivity contribution in [2.45, 2.75) is 19.2 Å². The molecule has 3 aromatic rings. The molecule has 23 heavy (non-hydrogen) atoms. The number of rotatable bonds is 2. The molecule has 1 atom stereocenters. The van der Waals surface area contributed by atoms with Crippen LogP contribution in [0.2, 0.25) is 0 Å². The van der Waals surface area contributed by atoms with Gasteiger partial charge >= 0.3 is 0 Å². The van der Waals surface area contributed by atoms with Crippen molar-refractivity contribution in [3.05, 3.63) is 47.8 Å². The maximum Gasteiger partial charge on any atom is 0.162 e. The molecule has 1 aliphatic rings. The van der Waals surface area contributed by atoms with Crippen molar-refractivity contribution in [1.29, 1.82) is 0 Å². The lowest BCUT2D eigenvalue weighted by atomic mass is 10.1. The number of aromatic nitrogens is 2. The first-order valence-corrected chi connectivity index (χ1v) is 8.10. The molecule has 0 fully saturated rings. The molecule has 4 rings (SSSR count). The molecule has 0 spiro atoms. The van der Waals surface area contributed by atoms with Gasteiger partial charge in [0, 0.05) is 11.8 Å². The van der Waals surface area contributed by atoms with E-state index in [4.69, 9.17) is 26.1 Å². The summed E-state index contributed by atoms with van der Waals surface area (Å²) >= 11 is 6.46. The molecule has 0 amide bonds. The van der Waals surface area contributed by atoms with Gasteiger partial charge in [-0.15, -0.1) is 11.6 Å². The highest BCUT2D eigenvalue weighted by atomic mass is 35.5. The predicted octanol–water partition coefficient (Wildman–Crippen LogP) is 4.38. The molecule has 2 aromatic heterocycles. The van der Waals surface area contributed by atoms with Crippen molar-refractivity contribution in [3.63, 3.8) is 0 Å². The van der Waals surface area contributed by atoms with Crippen LogP contribution in [0.4, 0.5) is 0 Å². The van der Waals surface area contributed by atoms with E-state index in [1.54, 1.807) is 0 Å². The van der Waals surface area contributed by atoms with Crippen molar-refractivity contribution >= 4 is 17.2 Å². The van der Waals surface area contributed by atoms with Gasteiger partial charge in [-0.05, 0) is 43.7 Å². The monoisotopic (exact) mass is 328 g/mol. The maximum atomic E-state index is 6.46. The minimum absolute atomic E-state index is 0.157. The zero-order chi connectivity index (χ0) is 16.0. The van der Waals surface area contributed by atoms with Gasteiger partial charge in [-0.1, -0.05) is 6.07 Å². The molecule has 1 unspecified atom stereocenters. The summed E-state index contributed by atoms with van der Waals surface area (Å²) in [6.07, 6.45) is 2.01. The number of fused-ring (bicyclic) bond motifs is 2. The van der Waals surface area contributed by atoms with E-state index in [0.29, 0.717) is 13.2 Å². The summed E-state index contributed by atoms with van der Waals surface area (Å²) in [4.78, 5) is 4.83. The van der Waals surface area contributed by atoms with E-state index >= 15 is 0 Å². The first-order chi connectivity index (χ1) is 11.1. The van der Waals surface area contributed by atoms with Crippen molar-refractivity contribution in [1.82, 2.24) is 9.38 Å². The van der Waals surface area contributed by atoms with Crippen molar-refractivity contribution < 1.29 is 9.47 Å². The molecule has 0 N–H and O–H groups in total. The molecule has 5 heteroatoms. The lowest BCUT2D eigenvalue weighted by molar-refractivity contribution is 0.171. The van der Waals surface area contributed by atoms with Crippen molar-refractivity contribution in [2.75, 3.05) is 13.2 Å². The van der Waals surface area contributed by atoms with Crippen LogP contribution in [0.3, 0.4) is 0 Å². The van der Waals surface area contributed by atoms with E-state index in [-0.39, 0.29) is 5.38 Å². The van der Waals surface area contributed by atoms with Gasteiger partial charge in [0.15, 0.2) is 11.5 Å². The number of alkyl halides is 1. The van der Waals surface area contributed by atoms with Crippen LogP contribution >= 0.6 is 11.6 Å². The van der Waals surface area contributed by atoms with Crippen LogP contribution in [-0.4, -0.2) is 22.6 Å². The lowest BCUT2D eigenvalue weighted by Crippen LogP contribution is -2.15. The zero-order valence-electron chi connectivity index (χ0n) is 13.0. The molecule has 1 aromatic carbocycles. The number of halogens is 1. The van der Waals surface area contributed by atoms with Gasteiger partial charge in [0.2, 0.25) is 0 Å². The summed E-state index contributed by atoms with van der Waals surface area (Å²) in [5, 5.41) is -0.157. The molecule has 0 aliphatic carbocycles. The Hall–Kier alpha value is -2.20. The second-order valence-corrected chi connectivity index (χ2v) is 6.36. The summed E-state index contributed by atoms with van der Waals surface area (Å²) in [5.41, 5.74) is 4.91.